The number of benzene rings is 1. The normalized spacial score (nSPS) is 11.8. The van der Waals surface area contributed by atoms with Gasteiger partial charge in [0.2, 0.25) is 10.0 Å². The highest BCUT2D eigenvalue weighted by Gasteiger charge is 2.20. The number of methoxy groups -OCH3 is 1. The molecule has 0 aliphatic heterocycles. The van der Waals surface area contributed by atoms with Crippen molar-refractivity contribution in [2.75, 3.05) is 13.7 Å². The van der Waals surface area contributed by atoms with Crippen molar-refractivity contribution in [3.63, 3.8) is 0 Å². The molecule has 0 aliphatic rings. The first kappa shape index (κ1) is 15.9. The Balaban J connectivity index is 3.08. The van der Waals surface area contributed by atoms with Crippen molar-refractivity contribution in [2.45, 2.75) is 38.3 Å². The summed E-state index contributed by atoms with van der Waals surface area (Å²) in [5.74, 6) is 0.364. The second-order valence-corrected chi connectivity index (χ2v) is 6.22. The van der Waals surface area contributed by atoms with E-state index < -0.39 is 10.0 Å². The molecular weight excluding hydrogens is 264 g/mol. The second kappa shape index (κ2) is 6.88. The lowest BCUT2D eigenvalue weighted by Crippen LogP contribution is -2.30. The topological polar surface area (TPSA) is 67.4 Å². The third-order valence-corrected chi connectivity index (χ3v) is 4.19. The monoisotopic (exact) mass is 286 g/mol. The second-order valence-electron chi connectivity index (χ2n) is 4.54. The van der Waals surface area contributed by atoms with Crippen LogP contribution in [-0.2, 0) is 16.6 Å². The molecule has 0 heterocycles. The Labute approximate surface area is 115 Å². The molecule has 0 amide bonds. The van der Waals surface area contributed by atoms with Crippen LogP contribution in [0.3, 0.4) is 0 Å². The van der Waals surface area contributed by atoms with E-state index in [2.05, 4.69) is 10.0 Å². The zero-order valence-electron chi connectivity index (χ0n) is 11.9. The summed E-state index contributed by atoms with van der Waals surface area (Å²) >= 11 is 0. The number of nitrogens with one attached hydrogen (secondary N) is 2. The van der Waals surface area contributed by atoms with Gasteiger partial charge in [-0.1, -0.05) is 13.0 Å². The summed E-state index contributed by atoms with van der Waals surface area (Å²) in [4.78, 5) is 0.170. The van der Waals surface area contributed by atoms with Gasteiger partial charge in [-0.3, -0.25) is 0 Å². The van der Waals surface area contributed by atoms with Crippen molar-refractivity contribution in [1.29, 1.82) is 0 Å². The van der Waals surface area contributed by atoms with Gasteiger partial charge < -0.3 is 10.1 Å². The highest BCUT2D eigenvalue weighted by molar-refractivity contribution is 7.89. The van der Waals surface area contributed by atoms with Gasteiger partial charge in [-0.15, -0.1) is 0 Å². The summed E-state index contributed by atoms with van der Waals surface area (Å²) in [7, 11) is -2.06. The van der Waals surface area contributed by atoms with Gasteiger partial charge >= 0.3 is 0 Å². The van der Waals surface area contributed by atoms with E-state index in [9.17, 15) is 8.42 Å². The fourth-order valence-electron chi connectivity index (χ4n) is 1.69. The van der Waals surface area contributed by atoms with Crippen LogP contribution in [-0.4, -0.2) is 28.1 Å². The van der Waals surface area contributed by atoms with Crippen LogP contribution >= 0.6 is 0 Å². The summed E-state index contributed by atoms with van der Waals surface area (Å²) in [6, 6.07) is 4.96. The molecule has 19 heavy (non-hydrogen) atoms. The Morgan fingerprint density at radius 3 is 2.53 bits per heavy atom. The van der Waals surface area contributed by atoms with Gasteiger partial charge in [0.05, 0.1) is 7.11 Å². The Hall–Kier alpha value is -1.11. The Bertz CT molecular complexity index is 513. The van der Waals surface area contributed by atoms with Crippen LogP contribution in [0.15, 0.2) is 23.1 Å². The molecular formula is C13H22N2O3S. The summed E-state index contributed by atoms with van der Waals surface area (Å²) in [6.07, 6.45) is 0. The molecule has 0 radical (unpaired) electrons. The van der Waals surface area contributed by atoms with Crippen molar-refractivity contribution in [3.8, 4) is 5.75 Å². The Morgan fingerprint density at radius 2 is 2.00 bits per heavy atom. The zero-order chi connectivity index (χ0) is 14.5. The van der Waals surface area contributed by atoms with E-state index in [-0.39, 0.29) is 10.9 Å². The predicted octanol–water partition coefficient (Wildman–Crippen LogP) is 1.49. The molecule has 0 aliphatic carbocycles. The van der Waals surface area contributed by atoms with Crippen molar-refractivity contribution in [3.05, 3.63) is 23.8 Å². The number of hydrogen-bond donors (Lipinski definition) is 2. The third-order valence-electron chi connectivity index (χ3n) is 2.49. The van der Waals surface area contributed by atoms with Gasteiger partial charge in [0.25, 0.3) is 0 Å². The highest BCUT2D eigenvalue weighted by Crippen LogP contribution is 2.25. The van der Waals surface area contributed by atoms with Gasteiger partial charge in [-0.05, 0) is 38.1 Å². The minimum absolute atomic E-state index is 0.156. The van der Waals surface area contributed by atoms with E-state index in [0.717, 1.165) is 12.1 Å². The van der Waals surface area contributed by atoms with E-state index in [1.165, 1.54) is 7.11 Å². The van der Waals surface area contributed by atoms with Gasteiger partial charge in [0.15, 0.2) is 0 Å². The van der Waals surface area contributed by atoms with Gasteiger partial charge in [0, 0.05) is 12.6 Å². The molecule has 2 N–H and O–H groups in total. The van der Waals surface area contributed by atoms with Gasteiger partial charge in [-0.2, -0.15) is 0 Å². The summed E-state index contributed by atoms with van der Waals surface area (Å²) < 4.78 is 32.0. The van der Waals surface area contributed by atoms with E-state index >= 15 is 0 Å². The Kier molecular flexibility index (Phi) is 5.78. The lowest BCUT2D eigenvalue weighted by atomic mass is 10.2. The quantitative estimate of drug-likeness (QED) is 0.797. The largest absolute Gasteiger partial charge is 0.495 e. The maximum atomic E-state index is 12.1. The van der Waals surface area contributed by atoms with E-state index in [0.29, 0.717) is 12.3 Å². The van der Waals surface area contributed by atoms with Crippen molar-refractivity contribution < 1.29 is 13.2 Å². The van der Waals surface area contributed by atoms with E-state index in [4.69, 9.17) is 4.74 Å². The van der Waals surface area contributed by atoms with Gasteiger partial charge in [0.1, 0.15) is 10.6 Å². The first-order chi connectivity index (χ1) is 8.90. The minimum atomic E-state index is -3.53. The molecule has 1 aromatic rings. The molecule has 5 nitrogen and oxygen atoms in total. The number of rotatable bonds is 7. The standard InChI is InChI=1S/C13H22N2O3S/c1-5-14-9-11-6-7-13(12(8-11)18-4)19(16,17)15-10(2)3/h6-8,10,14-15H,5,9H2,1-4H3. The summed E-state index contributed by atoms with van der Waals surface area (Å²) in [5.41, 5.74) is 0.988. The lowest BCUT2D eigenvalue weighted by molar-refractivity contribution is 0.401. The van der Waals surface area contributed by atoms with Gasteiger partial charge in [-0.25, -0.2) is 13.1 Å². The third kappa shape index (κ3) is 4.49. The Morgan fingerprint density at radius 1 is 1.32 bits per heavy atom. The predicted molar refractivity (Wildman–Crippen MR) is 75.8 cm³/mol. The summed E-state index contributed by atoms with van der Waals surface area (Å²) in [5, 5.41) is 3.19. The van der Waals surface area contributed by atoms with E-state index in [1.54, 1.807) is 32.0 Å². The molecule has 0 saturated carbocycles. The molecule has 1 rings (SSSR count). The number of hydrogen-bond acceptors (Lipinski definition) is 4. The molecule has 108 valence electrons. The summed E-state index contributed by atoms with van der Waals surface area (Å²) in [6.45, 7) is 7.12. The minimum Gasteiger partial charge on any atom is -0.495 e. The van der Waals surface area contributed by atoms with Crippen LogP contribution in [0.1, 0.15) is 26.3 Å². The van der Waals surface area contributed by atoms with Crippen LogP contribution in [0.2, 0.25) is 0 Å². The SMILES string of the molecule is CCNCc1ccc(S(=O)(=O)NC(C)C)c(OC)c1. The first-order valence-corrected chi connectivity index (χ1v) is 7.79. The maximum absolute atomic E-state index is 12.1. The molecule has 0 unspecified atom stereocenters. The number of sulfonamides is 1. The molecule has 0 bridgehead atoms. The first-order valence-electron chi connectivity index (χ1n) is 6.30. The van der Waals surface area contributed by atoms with Crippen molar-refractivity contribution in [2.24, 2.45) is 0 Å². The average Bonchev–Trinajstić information content (AvgIpc) is 2.34. The molecule has 0 atom stereocenters. The fourth-order valence-corrected chi connectivity index (χ4v) is 3.09. The molecule has 0 saturated heterocycles. The molecule has 0 fully saturated rings. The van der Waals surface area contributed by atoms with Crippen LogP contribution < -0.4 is 14.8 Å². The average molecular weight is 286 g/mol. The number of ether oxygens (including phenoxy) is 1. The highest BCUT2D eigenvalue weighted by atomic mass is 32.2. The van der Waals surface area contributed by atoms with Crippen molar-refractivity contribution in [1.82, 2.24) is 10.0 Å². The van der Waals surface area contributed by atoms with Crippen LogP contribution in [0.4, 0.5) is 0 Å². The van der Waals surface area contributed by atoms with Crippen LogP contribution in [0.5, 0.6) is 5.75 Å². The smallest absolute Gasteiger partial charge is 0.244 e. The zero-order valence-corrected chi connectivity index (χ0v) is 12.7. The lowest BCUT2D eigenvalue weighted by Gasteiger charge is -2.14. The van der Waals surface area contributed by atoms with Crippen molar-refractivity contribution >= 4 is 10.0 Å². The molecule has 6 heteroatoms. The fraction of sp³-hybridized carbons (Fsp3) is 0.538. The molecule has 0 aromatic heterocycles. The molecule has 1 aromatic carbocycles. The molecule has 0 spiro atoms. The van der Waals surface area contributed by atoms with E-state index in [1.807, 2.05) is 6.92 Å². The maximum Gasteiger partial charge on any atom is 0.244 e. The van der Waals surface area contributed by atoms with Crippen LogP contribution in [0.25, 0.3) is 0 Å². The van der Waals surface area contributed by atoms with Crippen LogP contribution in [0, 0.1) is 0 Å².